The molecule has 4 rings (SSSR count). The molecule has 0 spiro atoms. The molecule has 0 saturated carbocycles. The van der Waals surface area contributed by atoms with Crippen LogP contribution in [0.2, 0.25) is 0 Å². The first kappa shape index (κ1) is 46.2. The Labute approximate surface area is 332 Å². The van der Waals surface area contributed by atoms with Crippen LogP contribution in [-0.4, -0.2) is 94.3 Å². The van der Waals surface area contributed by atoms with Crippen molar-refractivity contribution in [3.63, 3.8) is 0 Å². The average Bonchev–Trinajstić information content (AvgIpc) is 3.78. The van der Waals surface area contributed by atoms with E-state index in [2.05, 4.69) is 29.9 Å². The van der Waals surface area contributed by atoms with Crippen LogP contribution in [0.15, 0.2) is 66.7 Å². The average molecular weight is 859 g/mol. The first-order valence-electron chi connectivity index (χ1n) is 18.3. The molecule has 2 aromatic carbocycles. The fourth-order valence-electron chi connectivity index (χ4n) is 5.92. The van der Waals surface area contributed by atoms with Gasteiger partial charge in [-0.1, -0.05) is 67.5 Å². The number of aliphatic hydroxyl groups excluding tert-OH is 1. The fourth-order valence-corrected chi connectivity index (χ4v) is 6.84. The highest BCUT2D eigenvalue weighted by molar-refractivity contribution is 7.33. The lowest BCUT2D eigenvalue weighted by Gasteiger charge is -2.24. The molecule has 1 aliphatic rings. The van der Waals surface area contributed by atoms with Gasteiger partial charge in [0.25, 0.3) is 5.97 Å². The predicted octanol–water partition coefficient (Wildman–Crippen LogP) is 3.53. The lowest BCUT2D eigenvalue weighted by molar-refractivity contribution is -0.277. The van der Waals surface area contributed by atoms with Gasteiger partial charge in [0.15, 0.2) is 12.6 Å². The maximum absolute atomic E-state index is 14.7. The van der Waals surface area contributed by atoms with Gasteiger partial charge in [0.05, 0.1) is 12.5 Å². The molecule has 4 atom stereocenters. The number of carbonyl (C=O) groups excluding carboxylic acids is 3. The quantitative estimate of drug-likeness (QED) is 0.0284. The standard InChI is InChI=1S/C35H46F2N6O13P2/c36-35(37,26-9-4-3-5-10-26)29(44)18-14-27-15-19-31(45)42(27)22-7-2-1-6-11-30-39-40-41-43(30)24-53-32(46)23-25-12-16-28(17-13-25)54-33(47)38-21-8-20-34(48,55-57(49)50)56-58(51)52/h3-5,9-10,12-14,16-18,27,29,44,48,57-58H,1-2,6-8,11,15,19-24H2,(H,38,47)(H,49,50)(H,51,52)/b18-14+/t27-,29+/m0/s1. The van der Waals surface area contributed by atoms with E-state index in [4.69, 9.17) is 19.3 Å². The normalized spacial score (nSPS) is 17.2. The SMILES string of the molecule is O=C(Cc1ccc(OC(=O)NCCCC(O)(O[PH](=O)O)O[PH](=O)O)cc1)OCn1nnnc1CCCCCCN1C(=O)CC[C@@H]1/C=C/[C@@H](O)C(F)(F)c1ccccc1. The van der Waals surface area contributed by atoms with Gasteiger partial charge in [-0.3, -0.25) is 27.8 Å². The topological polar surface area (TPSA) is 262 Å². The van der Waals surface area contributed by atoms with E-state index in [0.717, 1.165) is 25.3 Å². The molecule has 2 unspecified atom stereocenters. The molecule has 318 valence electrons. The minimum Gasteiger partial charge on any atom is -0.442 e. The second kappa shape index (κ2) is 22.6. The van der Waals surface area contributed by atoms with Gasteiger partial charge in [-0.05, 0) is 53.8 Å². The molecule has 5 N–H and O–H groups in total. The summed E-state index contributed by atoms with van der Waals surface area (Å²) in [6.45, 7) is 0.117. The molecule has 58 heavy (non-hydrogen) atoms. The van der Waals surface area contributed by atoms with E-state index in [1.54, 1.807) is 23.1 Å². The zero-order chi connectivity index (χ0) is 42.1. The van der Waals surface area contributed by atoms with Crippen molar-refractivity contribution >= 4 is 34.5 Å². The molecular weight excluding hydrogens is 812 g/mol. The van der Waals surface area contributed by atoms with Gasteiger partial charge in [-0.2, -0.15) is 13.5 Å². The number of halogens is 2. The zero-order valence-electron chi connectivity index (χ0n) is 31.2. The maximum atomic E-state index is 14.7. The molecule has 23 heteroatoms. The van der Waals surface area contributed by atoms with Crippen LogP contribution in [0, 0.1) is 0 Å². The highest BCUT2D eigenvalue weighted by Crippen LogP contribution is 2.36. The van der Waals surface area contributed by atoms with Crippen LogP contribution in [0.3, 0.4) is 0 Å². The third-order valence-corrected chi connectivity index (χ3v) is 9.83. The molecule has 3 aromatic rings. The summed E-state index contributed by atoms with van der Waals surface area (Å²) in [6.07, 6.45) is 3.22. The number of alkyl halides is 2. The third kappa shape index (κ3) is 15.0. The molecule has 1 fully saturated rings. The van der Waals surface area contributed by atoms with Crippen molar-refractivity contribution in [1.29, 1.82) is 0 Å². The number of hydrogen-bond donors (Lipinski definition) is 5. The number of rotatable bonds is 24. The fraction of sp³-hybridized carbons (Fsp3) is 0.486. The molecule has 1 saturated heterocycles. The van der Waals surface area contributed by atoms with Crippen LogP contribution in [0.25, 0.3) is 0 Å². The Kier molecular flexibility index (Phi) is 18.0. The van der Waals surface area contributed by atoms with Crippen LogP contribution >= 0.6 is 16.5 Å². The van der Waals surface area contributed by atoms with Gasteiger partial charge >= 0.3 is 34.5 Å². The van der Waals surface area contributed by atoms with Gasteiger partial charge in [0.1, 0.15) is 11.9 Å². The Balaban J connectivity index is 1.11. The number of benzene rings is 2. The molecule has 0 radical (unpaired) electrons. The molecule has 2 amide bonds. The number of aromatic nitrogens is 4. The van der Waals surface area contributed by atoms with Crippen LogP contribution in [-0.2, 0) is 58.0 Å². The summed E-state index contributed by atoms with van der Waals surface area (Å²) in [5, 5.41) is 34.1. The minimum absolute atomic E-state index is 0.0602. The van der Waals surface area contributed by atoms with Crippen molar-refractivity contribution in [3.05, 3.63) is 83.7 Å². The lowest BCUT2D eigenvalue weighted by Crippen LogP contribution is -2.34. The largest absolute Gasteiger partial charge is 0.442 e. The first-order valence-corrected chi connectivity index (χ1v) is 20.8. The summed E-state index contributed by atoms with van der Waals surface area (Å²) in [7, 11) is -7.42. The van der Waals surface area contributed by atoms with Crippen molar-refractivity contribution in [2.75, 3.05) is 13.1 Å². The predicted molar refractivity (Wildman–Crippen MR) is 199 cm³/mol. The second-order valence-electron chi connectivity index (χ2n) is 13.1. The van der Waals surface area contributed by atoms with Crippen LogP contribution in [0.4, 0.5) is 13.6 Å². The molecule has 1 aromatic heterocycles. The zero-order valence-corrected chi connectivity index (χ0v) is 33.2. The van der Waals surface area contributed by atoms with Crippen molar-refractivity contribution in [3.8, 4) is 5.75 Å². The number of carbonyl (C=O) groups is 3. The van der Waals surface area contributed by atoms with E-state index >= 15 is 0 Å². The van der Waals surface area contributed by atoms with Crippen molar-refractivity contribution in [2.24, 2.45) is 0 Å². The summed E-state index contributed by atoms with van der Waals surface area (Å²) in [6, 6.07) is 12.7. The summed E-state index contributed by atoms with van der Waals surface area (Å²) in [5.74, 6) is -6.23. The van der Waals surface area contributed by atoms with E-state index in [0.29, 0.717) is 43.6 Å². The molecule has 0 aliphatic carbocycles. The molecule has 19 nitrogen and oxygen atoms in total. The number of hydrogen-bond acceptors (Lipinski definition) is 14. The van der Waals surface area contributed by atoms with Gasteiger partial charge in [0.2, 0.25) is 5.91 Å². The molecule has 0 bridgehead atoms. The Morgan fingerprint density at radius 1 is 1.00 bits per heavy atom. The van der Waals surface area contributed by atoms with E-state index in [1.165, 1.54) is 47.2 Å². The lowest BCUT2D eigenvalue weighted by atomic mass is 10.0. The van der Waals surface area contributed by atoms with Gasteiger partial charge in [-0.15, -0.1) is 5.10 Å². The van der Waals surface area contributed by atoms with E-state index in [-0.39, 0.29) is 49.4 Å². The van der Waals surface area contributed by atoms with Crippen LogP contribution in [0.1, 0.15) is 68.3 Å². The van der Waals surface area contributed by atoms with Gasteiger partial charge in [0, 0.05) is 37.9 Å². The number of likely N-dealkylation sites (tertiary alicyclic amines) is 1. The van der Waals surface area contributed by atoms with E-state index in [9.17, 15) is 42.5 Å². The van der Waals surface area contributed by atoms with Gasteiger partial charge < -0.3 is 39.7 Å². The Morgan fingerprint density at radius 3 is 2.38 bits per heavy atom. The van der Waals surface area contributed by atoms with E-state index < -0.39 is 53.0 Å². The Morgan fingerprint density at radius 2 is 1.69 bits per heavy atom. The highest BCUT2D eigenvalue weighted by Gasteiger charge is 2.39. The number of aliphatic hydroxyl groups is 2. The number of esters is 1. The van der Waals surface area contributed by atoms with Crippen molar-refractivity contribution in [2.45, 2.75) is 95.0 Å². The number of aryl methyl sites for hydroxylation is 1. The summed E-state index contributed by atoms with van der Waals surface area (Å²) < 4.78 is 71.5. The Bertz CT molecular complexity index is 1860. The minimum atomic E-state index is -3.71. The summed E-state index contributed by atoms with van der Waals surface area (Å²) >= 11 is 0. The number of unbranched alkanes of at least 4 members (excludes halogenated alkanes) is 3. The third-order valence-electron chi connectivity index (χ3n) is 8.84. The first-order chi connectivity index (χ1) is 27.6. The monoisotopic (exact) mass is 858 g/mol. The van der Waals surface area contributed by atoms with Gasteiger partial charge in [-0.25, -0.2) is 4.79 Å². The second-order valence-corrected chi connectivity index (χ2v) is 14.6. The summed E-state index contributed by atoms with van der Waals surface area (Å²) in [5.41, 5.74) is 0.266. The molecular formula is C35H46F2N6O13P2. The maximum Gasteiger partial charge on any atom is 0.412 e. The number of tetrazole rings is 1. The molecule has 1 aliphatic heterocycles. The van der Waals surface area contributed by atoms with Crippen molar-refractivity contribution in [1.82, 2.24) is 30.4 Å². The highest BCUT2D eigenvalue weighted by atomic mass is 31.1. The van der Waals surface area contributed by atoms with Crippen LogP contribution < -0.4 is 10.1 Å². The molecule has 2 heterocycles. The number of ether oxygens (including phenoxy) is 2. The summed E-state index contributed by atoms with van der Waals surface area (Å²) in [4.78, 5) is 56.4. The Hall–Kier alpha value is -4.46. The van der Waals surface area contributed by atoms with E-state index in [1.807, 2.05) is 0 Å². The number of nitrogens with one attached hydrogen (secondary N) is 1. The number of nitrogens with zero attached hydrogens (tertiary/aromatic N) is 5. The smallest absolute Gasteiger partial charge is 0.412 e. The van der Waals surface area contributed by atoms with Crippen molar-refractivity contribution < 1.29 is 70.8 Å². The number of amides is 2. The van der Waals surface area contributed by atoms with Crippen LogP contribution in [0.5, 0.6) is 5.75 Å².